The van der Waals surface area contributed by atoms with Crippen molar-refractivity contribution in [2.75, 3.05) is 13.1 Å². The number of piperidine rings is 1. The van der Waals surface area contributed by atoms with E-state index in [0.29, 0.717) is 11.0 Å². The lowest BCUT2D eigenvalue weighted by Gasteiger charge is -2.32. The molecule has 0 unspecified atom stereocenters. The van der Waals surface area contributed by atoms with Gasteiger partial charge in [-0.05, 0) is 30.5 Å². The van der Waals surface area contributed by atoms with E-state index in [0.717, 1.165) is 32.5 Å². The van der Waals surface area contributed by atoms with Crippen molar-refractivity contribution in [2.24, 2.45) is 0 Å². The fourth-order valence-corrected chi connectivity index (χ4v) is 4.08. The van der Waals surface area contributed by atoms with E-state index in [2.05, 4.69) is 49.8 Å². The van der Waals surface area contributed by atoms with Gasteiger partial charge in [0.05, 0.1) is 11.0 Å². The Balaban J connectivity index is 1.29. The Kier molecular flexibility index (Phi) is 4.76. The van der Waals surface area contributed by atoms with E-state index >= 15 is 0 Å². The second kappa shape index (κ2) is 7.72. The van der Waals surface area contributed by atoms with E-state index < -0.39 is 0 Å². The van der Waals surface area contributed by atoms with E-state index in [1.165, 1.54) is 10.1 Å². The van der Waals surface area contributed by atoms with Crippen LogP contribution < -0.4 is 10.9 Å². The van der Waals surface area contributed by atoms with E-state index in [1.54, 1.807) is 6.07 Å². The highest BCUT2D eigenvalue weighted by atomic mass is 16.2. The van der Waals surface area contributed by atoms with Gasteiger partial charge in [-0.1, -0.05) is 47.7 Å². The highest BCUT2D eigenvalue weighted by molar-refractivity contribution is 5.99. The highest BCUT2D eigenvalue weighted by Gasteiger charge is 2.25. The maximum Gasteiger partial charge on any atom is 0.277 e. The summed E-state index contributed by atoms with van der Waals surface area (Å²) in [4.78, 5) is 30.6. The van der Waals surface area contributed by atoms with Gasteiger partial charge in [0.1, 0.15) is 0 Å². The summed E-state index contributed by atoms with van der Waals surface area (Å²) in [5.41, 5.74) is 2.51. The lowest BCUT2D eigenvalue weighted by Crippen LogP contribution is -2.44. The summed E-state index contributed by atoms with van der Waals surface area (Å²) < 4.78 is 1.44. The summed E-state index contributed by atoms with van der Waals surface area (Å²) in [5, 5.41) is 11.1. The number of nitrogens with zero attached hydrogens (tertiary/aromatic N) is 4. The number of H-pyrrole nitrogens is 1. The lowest BCUT2D eigenvalue weighted by molar-refractivity contribution is 0.0905. The molecule has 0 radical (unpaired) electrons. The average molecular weight is 402 g/mol. The predicted molar refractivity (Wildman–Crippen MR) is 113 cm³/mol. The van der Waals surface area contributed by atoms with Gasteiger partial charge in [0.25, 0.3) is 11.5 Å². The molecule has 0 aliphatic carbocycles. The summed E-state index contributed by atoms with van der Waals surface area (Å²) in [5.74, 6) is -0.354. The van der Waals surface area contributed by atoms with Gasteiger partial charge in [-0.15, -0.1) is 5.10 Å². The molecule has 3 heterocycles. The molecule has 0 bridgehead atoms. The van der Waals surface area contributed by atoms with Crippen LogP contribution in [0, 0.1) is 0 Å². The first kappa shape index (κ1) is 18.5. The van der Waals surface area contributed by atoms with Gasteiger partial charge in [0, 0.05) is 25.7 Å². The standard InChI is InChI=1S/C22H22N6O2/c29-21(23-16-10-12-27(13-11-16)14-15-6-2-1-3-7-15)19-20-22(30)24-17-8-4-5-9-18(17)28(20)26-25-19/h1-9,16H,10-14H2,(H,23,29)(H,24,30). The second-order valence-corrected chi connectivity index (χ2v) is 7.68. The molecule has 30 heavy (non-hydrogen) atoms. The molecular formula is C22H22N6O2. The van der Waals surface area contributed by atoms with E-state index in [-0.39, 0.29) is 28.7 Å². The van der Waals surface area contributed by atoms with Crippen molar-refractivity contribution in [1.82, 2.24) is 30.0 Å². The third-order valence-electron chi connectivity index (χ3n) is 5.65. The molecule has 4 aromatic rings. The molecule has 2 aromatic heterocycles. The average Bonchev–Trinajstić information content (AvgIpc) is 3.22. The van der Waals surface area contributed by atoms with Gasteiger partial charge >= 0.3 is 0 Å². The van der Waals surface area contributed by atoms with Crippen LogP contribution in [0.25, 0.3) is 16.6 Å². The molecule has 8 heteroatoms. The van der Waals surface area contributed by atoms with Crippen molar-refractivity contribution in [3.63, 3.8) is 0 Å². The summed E-state index contributed by atoms with van der Waals surface area (Å²) in [6, 6.07) is 17.8. The fourth-order valence-electron chi connectivity index (χ4n) is 4.08. The zero-order valence-corrected chi connectivity index (χ0v) is 16.4. The third-order valence-corrected chi connectivity index (χ3v) is 5.65. The number of para-hydroxylation sites is 2. The van der Waals surface area contributed by atoms with Crippen LogP contribution in [0.15, 0.2) is 59.4 Å². The Morgan fingerprint density at radius 3 is 2.60 bits per heavy atom. The van der Waals surface area contributed by atoms with E-state index in [4.69, 9.17) is 0 Å². The van der Waals surface area contributed by atoms with Crippen LogP contribution >= 0.6 is 0 Å². The number of carbonyl (C=O) groups is 1. The number of aromatic amines is 1. The minimum absolute atomic E-state index is 0.0563. The molecule has 8 nitrogen and oxygen atoms in total. The molecule has 1 aliphatic rings. The van der Waals surface area contributed by atoms with E-state index in [1.807, 2.05) is 24.3 Å². The Bertz CT molecular complexity index is 1260. The van der Waals surface area contributed by atoms with Crippen LogP contribution in [0.2, 0.25) is 0 Å². The minimum atomic E-state index is -0.374. The van der Waals surface area contributed by atoms with Gasteiger partial charge in [-0.25, -0.2) is 4.52 Å². The Hall–Kier alpha value is -3.52. The first-order valence-corrected chi connectivity index (χ1v) is 10.1. The smallest absolute Gasteiger partial charge is 0.277 e. The third kappa shape index (κ3) is 3.46. The van der Waals surface area contributed by atoms with Gasteiger partial charge in [0.2, 0.25) is 0 Å². The molecule has 1 saturated heterocycles. The quantitative estimate of drug-likeness (QED) is 0.544. The zero-order valence-electron chi connectivity index (χ0n) is 16.4. The summed E-state index contributed by atoms with van der Waals surface area (Å²) in [6.07, 6.45) is 1.72. The lowest BCUT2D eigenvalue weighted by atomic mass is 10.0. The van der Waals surface area contributed by atoms with Crippen LogP contribution in [-0.4, -0.2) is 49.7 Å². The largest absolute Gasteiger partial charge is 0.348 e. The van der Waals surface area contributed by atoms with Crippen LogP contribution in [0.5, 0.6) is 0 Å². The van der Waals surface area contributed by atoms with Crippen LogP contribution in [0.4, 0.5) is 0 Å². The minimum Gasteiger partial charge on any atom is -0.348 e. The van der Waals surface area contributed by atoms with Gasteiger partial charge in [0.15, 0.2) is 11.2 Å². The number of carbonyl (C=O) groups excluding carboxylic acids is 1. The maximum absolute atomic E-state index is 12.9. The summed E-state index contributed by atoms with van der Waals surface area (Å²) in [7, 11) is 0. The molecular weight excluding hydrogens is 380 g/mol. The summed E-state index contributed by atoms with van der Waals surface area (Å²) in [6.45, 7) is 2.74. The first-order valence-electron chi connectivity index (χ1n) is 10.1. The monoisotopic (exact) mass is 402 g/mol. The Morgan fingerprint density at radius 2 is 1.80 bits per heavy atom. The summed E-state index contributed by atoms with van der Waals surface area (Å²) >= 11 is 0. The molecule has 2 N–H and O–H groups in total. The second-order valence-electron chi connectivity index (χ2n) is 7.68. The van der Waals surface area contributed by atoms with E-state index in [9.17, 15) is 9.59 Å². The number of aromatic nitrogens is 4. The fraction of sp³-hybridized carbons (Fsp3) is 0.273. The molecule has 152 valence electrons. The van der Waals surface area contributed by atoms with Crippen molar-refractivity contribution < 1.29 is 4.79 Å². The molecule has 0 saturated carbocycles. The molecule has 1 fully saturated rings. The van der Waals surface area contributed by atoms with Crippen LogP contribution in [0.3, 0.4) is 0 Å². The van der Waals surface area contributed by atoms with Gasteiger partial charge in [-0.2, -0.15) is 0 Å². The molecule has 0 atom stereocenters. The SMILES string of the molecule is O=C(NC1CCN(Cc2ccccc2)CC1)c1nnn2c1c(=O)[nH]c1ccccc12. The Morgan fingerprint density at radius 1 is 1.07 bits per heavy atom. The number of benzene rings is 2. The number of likely N-dealkylation sites (tertiary alicyclic amines) is 1. The van der Waals surface area contributed by atoms with Crippen molar-refractivity contribution in [2.45, 2.75) is 25.4 Å². The number of hydrogen-bond acceptors (Lipinski definition) is 5. The van der Waals surface area contributed by atoms with Crippen LogP contribution in [-0.2, 0) is 6.54 Å². The molecule has 0 spiro atoms. The number of fused-ring (bicyclic) bond motifs is 3. The number of rotatable bonds is 4. The van der Waals surface area contributed by atoms with Crippen LogP contribution in [0.1, 0.15) is 28.9 Å². The number of amides is 1. The number of nitrogens with one attached hydrogen (secondary N) is 2. The molecule has 1 amide bonds. The zero-order chi connectivity index (χ0) is 20.5. The molecule has 5 rings (SSSR count). The van der Waals surface area contributed by atoms with Crippen molar-refractivity contribution >= 4 is 22.5 Å². The van der Waals surface area contributed by atoms with Crippen molar-refractivity contribution in [3.8, 4) is 0 Å². The molecule has 1 aliphatic heterocycles. The maximum atomic E-state index is 12.9. The predicted octanol–water partition coefficient (Wildman–Crippen LogP) is 1.97. The van der Waals surface area contributed by atoms with Gasteiger partial charge in [-0.3, -0.25) is 14.5 Å². The number of hydrogen-bond donors (Lipinski definition) is 2. The van der Waals surface area contributed by atoms with Gasteiger partial charge < -0.3 is 10.3 Å². The first-order chi connectivity index (χ1) is 14.7. The molecule has 2 aromatic carbocycles. The highest BCUT2D eigenvalue weighted by Crippen LogP contribution is 2.16. The van der Waals surface area contributed by atoms with Crippen molar-refractivity contribution in [1.29, 1.82) is 0 Å². The normalized spacial score (nSPS) is 15.6. The van der Waals surface area contributed by atoms with Crippen molar-refractivity contribution in [3.05, 3.63) is 76.2 Å². The Labute approximate surface area is 172 Å². The topological polar surface area (TPSA) is 95.4 Å².